The highest BCUT2D eigenvalue weighted by atomic mass is 35.5. The number of H-pyrrole nitrogens is 1. The Bertz CT molecular complexity index is 531. The van der Waals surface area contributed by atoms with Gasteiger partial charge in [0.2, 0.25) is 0 Å². The Morgan fingerprint density at radius 3 is 2.73 bits per heavy atom. The summed E-state index contributed by atoms with van der Waals surface area (Å²) in [6.45, 7) is 0. The maximum Gasteiger partial charge on any atom is 0.264 e. The highest BCUT2D eigenvalue weighted by Crippen LogP contribution is 2.33. The molecule has 5 heteroatoms. The van der Waals surface area contributed by atoms with Crippen LogP contribution in [0.4, 0.5) is 0 Å². The number of hydrogen-bond donors (Lipinski definition) is 2. The first-order valence-electron chi connectivity index (χ1n) is 4.22. The van der Waals surface area contributed by atoms with E-state index in [9.17, 15) is 9.90 Å². The van der Waals surface area contributed by atoms with Gasteiger partial charge in [0, 0.05) is 11.6 Å². The molecule has 0 aliphatic heterocycles. The van der Waals surface area contributed by atoms with Gasteiger partial charge in [-0.25, -0.2) is 5.10 Å². The number of aromatic amines is 1. The van der Waals surface area contributed by atoms with Crippen molar-refractivity contribution in [1.82, 2.24) is 10.2 Å². The fourth-order valence-corrected chi connectivity index (χ4v) is 1.39. The lowest BCUT2D eigenvalue weighted by molar-refractivity contribution is 0.477. The summed E-state index contributed by atoms with van der Waals surface area (Å²) in [6.07, 6.45) is 0. The molecule has 0 amide bonds. The van der Waals surface area contributed by atoms with Crippen LogP contribution in [0.25, 0.3) is 11.3 Å². The summed E-state index contributed by atoms with van der Waals surface area (Å²) >= 11 is 5.75. The number of phenolic OH excluding ortho intramolecular Hbond substituents is 1. The summed E-state index contributed by atoms with van der Waals surface area (Å²) in [6, 6.07) is 7.80. The van der Waals surface area contributed by atoms with Gasteiger partial charge in [0.25, 0.3) is 5.56 Å². The van der Waals surface area contributed by atoms with Crippen LogP contribution in [-0.4, -0.2) is 15.3 Å². The van der Waals surface area contributed by atoms with E-state index in [1.54, 1.807) is 18.2 Å². The molecule has 76 valence electrons. The number of hydrogen-bond acceptors (Lipinski definition) is 3. The lowest BCUT2D eigenvalue weighted by atomic mass is 10.1. The number of halogens is 1. The number of para-hydroxylation sites is 1. The Balaban J connectivity index is 2.59. The first-order chi connectivity index (χ1) is 7.18. The highest BCUT2D eigenvalue weighted by Gasteiger charge is 2.08. The van der Waals surface area contributed by atoms with Crippen LogP contribution >= 0.6 is 11.6 Å². The molecule has 4 nitrogen and oxygen atoms in total. The quantitative estimate of drug-likeness (QED) is 0.773. The van der Waals surface area contributed by atoms with E-state index in [0.29, 0.717) is 11.3 Å². The number of rotatable bonds is 1. The second-order valence-electron chi connectivity index (χ2n) is 2.94. The molecule has 0 radical (unpaired) electrons. The third kappa shape index (κ3) is 1.85. The van der Waals surface area contributed by atoms with E-state index >= 15 is 0 Å². The van der Waals surface area contributed by atoms with Crippen LogP contribution in [0, 0.1) is 0 Å². The monoisotopic (exact) mass is 222 g/mol. The fraction of sp³-hybridized carbons (Fsp3) is 0. The van der Waals surface area contributed by atoms with Gasteiger partial charge in [-0.2, -0.15) is 5.10 Å². The van der Waals surface area contributed by atoms with Gasteiger partial charge in [0.05, 0.1) is 10.7 Å². The fourth-order valence-electron chi connectivity index (χ4n) is 1.22. The molecular formula is C10H7ClN2O2. The Kier molecular flexibility index (Phi) is 2.43. The third-order valence-electron chi connectivity index (χ3n) is 1.94. The summed E-state index contributed by atoms with van der Waals surface area (Å²) in [7, 11) is 0. The summed E-state index contributed by atoms with van der Waals surface area (Å²) in [5.41, 5.74) is 0.661. The molecule has 2 N–H and O–H groups in total. The van der Waals surface area contributed by atoms with Gasteiger partial charge in [0.15, 0.2) is 0 Å². The lowest BCUT2D eigenvalue weighted by Crippen LogP contribution is -2.05. The molecule has 1 aromatic heterocycles. The van der Waals surface area contributed by atoms with E-state index in [1.807, 2.05) is 0 Å². The standard InChI is InChI=1S/C10H7ClN2O2/c11-7-3-1-2-6(10(7)15)8-4-5-9(14)13-12-8/h1-5,15H,(H,13,14). The van der Waals surface area contributed by atoms with Gasteiger partial charge in [0.1, 0.15) is 5.75 Å². The number of aromatic nitrogens is 2. The average molecular weight is 223 g/mol. The van der Waals surface area contributed by atoms with E-state index in [0.717, 1.165) is 0 Å². The molecule has 0 saturated heterocycles. The Morgan fingerprint density at radius 1 is 1.27 bits per heavy atom. The Labute approximate surface area is 90.2 Å². The number of phenols is 1. The molecule has 0 aliphatic rings. The molecule has 1 heterocycles. The van der Waals surface area contributed by atoms with Gasteiger partial charge in [-0.3, -0.25) is 4.79 Å². The van der Waals surface area contributed by atoms with Crippen molar-refractivity contribution in [2.45, 2.75) is 0 Å². The van der Waals surface area contributed by atoms with E-state index in [-0.39, 0.29) is 16.3 Å². The number of aromatic hydroxyl groups is 1. The van der Waals surface area contributed by atoms with E-state index in [4.69, 9.17) is 11.6 Å². The summed E-state index contributed by atoms with van der Waals surface area (Å²) in [5.74, 6) is -0.0429. The molecule has 0 atom stereocenters. The van der Waals surface area contributed by atoms with Crippen LogP contribution in [-0.2, 0) is 0 Å². The predicted octanol–water partition coefficient (Wildman–Crippen LogP) is 1.80. The molecule has 0 fully saturated rings. The first-order valence-corrected chi connectivity index (χ1v) is 4.60. The van der Waals surface area contributed by atoms with Gasteiger partial charge in [-0.05, 0) is 18.2 Å². The van der Waals surface area contributed by atoms with Crippen molar-refractivity contribution in [1.29, 1.82) is 0 Å². The van der Waals surface area contributed by atoms with Crippen molar-refractivity contribution >= 4 is 11.6 Å². The second-order valence-corrected chi connectivity index (χ2v) is 3.35. The molecule has 0 aliphatic carbocycles. The van der Waals surface area contributed by atoms with Gasteiger partial charge in [-0.1, -0.05) is 17.7 Å². The normalized spacial score (nSPS) is 10.2. The van der Waals surface area contributed by atoms with Crippen LogP contribution in [0.1, 0.15) is 0 Å². The van der Waals surface area contributed by atoms with Crippen LogP contribution in [0.15, 0.2) is 35.1 Å². The average Bonchev–Trinajstić information content (AvgIpc) is 2.24. The summed E-state index contributed by atoms with van der Waals surface area (Å²) in [4.78, 5) is 10.8. The van der Waals surface area contributed by atoms with Crippen molar-refractivity contribution < 1.29 is 5.11 Å². The number of nitrogens with one attached hydrogen (secondary N) is 1. The lowest BCUT2D eigenvalue weighted by Gasteiger charge is -2.03. The Hall–Kier alpha value is -1.81. The van der Waals surface area contributed by atoms with Crippen molar-refractivity contribution in [3.63, 3.8) is 0 Å². The van der Waals surface area contributed by atoms with Crippen molar-refractivity contribution in [2.24, 2.45) is 0 Å². The smallest absolute Gasteiger partial charge is 0.264 e. The molecule has 0 spiro atoms. The van der Waals surface area contributed by atoms with E-state index < -0.39 is 0 Å². The van der Waals surface area contributed by atoms with Gasteiger partial charge >= 0.3 is 0 Å². The van der Waals surface area contributed by atoms with Crippen molar-refractivity contribution in [2.75, 3.05) is 0 Å². The maximum absolute atomic E-state index is 10.8. The largest absolute Gasteiger partial charge is 0.506 e. The minimum absolute atomic E-state index is 0.0429. The highest BCUT2D eigenvalue weighted by molar-refractivity contribution is 6.32. The minimum Gasteiger partial charge on any atom is -0.506 e. The zero-order valence-electron chi connectivity index (χ0n) is 7.57. The third-order valence-corrected chi connectivity index (χ3v) is 2.25. The van der Waals surface area contributed by atoms with Gasteiger partial charge in [-0.15, -0.1) is 0 Å². The minimum atomic E-state index is -0.291. The first kappa shape index (κ1) is 9.73. The molecule has 0 saturated carbocycles. The van der Waals surface area contributed by atoms with E-state index in [2.05, 4.69) is 10.2 Å². The van der Waals surface area contributed by atoms with Gasteiger partial charge < -0.3 is 5.11 Å². The molecule has 2 aromatic rings. The van der Waals surface area contributed by atoms with Crippen LogP contribution in [0.2, 0.25) is 5.02 Å². The van der Waals surface area contributed by atoms with Crippen LogP contribution in [0.3, 0.4) is 0 Å². The molecule has 15 heavy (non-hydrogen) atoms. The zero-order valence-corrected chi connectivity index (χ0v) is 8.32. The van der Waals surface area contributed by atoms with Crippen LogP contribution in [0.5, 0.6) is 5.75 Å². The topological polar surface area (TPSA) is 66.0 Å². The van der Waals surface area contributed by atoms with Crippen LogP contribution < -0.4 is 5.56 Å². The van der Waals surface area contributed by atoms with E-state index in [1.165, 1.54) is 12.1 Å². The predicted molar refractivity (Wildman–Crippen MR) is 57.0 cm³/mol. The SMILES string of the molecule is O=c1ccc(-c2cccc(Cl)c2O)n[nH]1. The van der Waals surface area contributed by atoms with Crippen molar-refractivity contribution in [3.8, 4) is 17.0 Å². The molecule has 0 bridgehead atoms. The molecule has 0 unspecified atom stereocenters. The second kappa shape index (κ2) is 3.74. The Morgan fingerprint density at radius 2 is 2.07 bits per heavy atom. The molecular weight excluding hydrogens is 216 g/mol. The molecule has 1 aromatic carbocycles. The summed E-state index contributed by atoms with van der Waals surface area (Å²) in [5, 5.41) is 16.0. The number of nitrogens with zero attached hydrogens (tertiary/aromatic N) is 1. The molecule has 2 rings (SSSR count). The zero-order chi connectivity index (χ0) is 10.8. The van der Waals surface area contributed by atoms with Crippen molar-refractivity contribution in [3.05, 3.63) is 45.7 Å². The maximum atomic E-state index is 10.8. The number of benzene rings is 1. The summed E-state index contributed by atoms with van der Waals surface area (Å²) < 4.78 is 0.